The molecule has 0 aliphatic heterocycles. The number of carbonyl (C=O) groups excluding carboxylic acids is 1. The second kappa shape index (κ2) is 7.41. The highest BCUT2D eigenvalue weighted by atomic mass is 79.9. The summed E-state index contributed by atoms with van der Waals surface area (Å²) in [5.41, 5.74) is 4.14. The van der Waals surface area contributed by atoms with Gasteiger partial charge in [0.25, 0.3) is 0 Å². The molecule has 2 rings (SSSR count). The number of halogens is 1. The van der Waals surface area contributed by atoms with Crippen LogP contribution in [0.5, 0.6) is 0 Å². The van der Waals surface area contributed by atoms with E-state index in [1.54, 1.807) is 6.08 Å². The number of carbonyl (C=O) groups is 1. The molecule has 0 heterocycles. The van der Waals surface area contributed by atoms with E-state index in [-0.39, 0.29) is 5.91 Å². The molecule has 22 heavy (non-hydrogen) atoms. The summed E-state index contributed by atoms with van der Waals surface area (Å²) in [5, 5.41) is 3.01. The third-order valence-electron chi connectivity index (χ3n) is 3.45. The van der Waals surface area contributed by atoms with Gasteiger partial charge in [-0.3, -0.25) is 4.79 Å². The van der Waals surface area contributed by atoms with Crippen LogP contribution in [0.25, 0.3) is 6.08 Å². The Hall–Kier alpha value is -1.87. The van der Waals surface area contributed by atoms with E-state index in [1.807, 2.05) is 49.4 Å². The van der Waals surface area contributed by atoms with Gasteiger partial charge >= 0.3 is 0 Å². The molecular formula is C19H20BrNO. The summed E-state index contributed by atoms with van der Waals surface area (Å²) >= 11 is 3.42. The Labute approximate surface area is 140 Å². The lowest BCUT2D eigenvalue weighted by Crippen LogP contribution is -2.11. The first-order valence-electron chi connectivity index (χ1n) is 7.31. The van der Waals surface area contributed by atoms with Crippen molar-refractivity contribution in [3.8, 4) is 0 Å². The summed E-state index contributed by atoms with van der Waals surface area (Å²) in [5.74, 6) is 0.250. The molecule has 114 valence electrons. The molecule has 0 radical (unpaired) electrons. The number of aryl methyl sites for hydroxylation is 1. The monoisotopic (exact) mass is 357 g/mol. The second-order valence-electron chi connectivity index (χ2n) is 5.57. The van der Waals surface area contributed by atoms with Gasteiger partial charge in [-0.2, -0.15) is 0 Å². The van der Waals surface area contributed by atoms with E-state index in [9.17, 15) is 4.79 Å². The molecule has 0 aromatic heterocycles. The first-order valence-corrected chi connectivity index (χ1v) is 8.11. The van der Waals surface area contributed by atoms with Crippen molar-refractivity contribution < 1.29 is 4.79 Å². The Morgan fingerprint density at radius 2 is 1.91 bits per heavy atom. The third kappa shape index (κ3) is 4.31. The highest BCUT2D eigenvalue weighted by Gasteiger charge is 2.10. The Kier molecular flexibility index (Phi) is 5.56. The van der Waals surface area contributed by atoms with E-state index in [2.05, 4.69) is 41.2 Å². The lowest BCUT2D eigenvalue weighted by atomic mass is 9.98. The molecular weight excluding hydrogens is 338 g/mol. The minimum Gasteiger partial charge on any atom is -0.322 e. The molecule has 2 aromatic rings. The summed E-state index contributed by atoms with van der Waals surface area (Å²) in [4.78, 5) is 12.2. The van der Waals surface area contributed by atoms with Crippen molar-refractivity contribution in [1.29, 1.82) is 0 Å². The number of nitrogens with one attached hydrogen (secondary N) is 1. The zero-order valence-electron chi connectivity index (χ0n) is 13.1. The fourth-order valence-corrected chi connectivity index (χ4v) is 2.71. The molecule has 0 fully saturated rings. The molecule has 0 aliphatic carbocycles. The summed E-state index contributed by atoms with van der Waals surface area (Å²) in [6, 6.07) is 13.9. The number of hydrogen-bond acceptors (Lipinski definition) is 1. The first-order chi connectivity index (χ1) is 10.5. The standard InChI is InChI=1S/C19H20BrNO/c1-13(2)17-9-4-6-14(3)19(17)21-18(22)11-10-15-7-5-8-16(20)12-15/h4-13H,1-3H3,(H,21,22)/b11-10+. The van der Waals surface area contributed by atoms with Gasteiger partial charge in [-0.25, -0.2) is 0 Å². The van der Waals surface area contributed by atoms with Crippen molar-refractivity contribution in [2.45, 2.75) is 26.7 Å². The van der Waals surface area contributed by atoms with Crippen molar-refractivity contribution >= 4 is 33.6 Å². The van der Waals surface area contributed by atoms with Crippen LogP contribution in [-0.4, -0.2) is 5.91 Å². The van der Waals surface area contributed by atoms with E-state index < -0.39 is 0 Å². The van der Waals surface area contributed by atoms with Crippen LogP contribution in [-0.2, 0) is 4.79 Å². The summed E-state index contributed by atoms with van der Waals surface area (Å²) in [6.45, 7) is 6.27. The molecule has 0 unspecified atom stereocenters. The van der Waals surface area contributed by atoms with E-state index in [0.717, 1.165) is 26.9 Å². The van der Waals surface area contributed by atoms with Gasteiger partial charge in [0.15, 0.2) is 0 Å². The molecule has 0 saturated heterocycles. The van der Waals surface area contributed by atoms with Crippen LogP contribution < -0.4 is 5.32 Å². The number of benzene rings is 2. The summed E-state index contributed by atoms with van der Waals surface area (Å²) < 4.78 is 0.996. The number of rotatable bonds is 4. The summed E-state index contributed by atoms with van der Waals surface area (Å²) in [6.07, 6.45) is 3.38. The van der Waals surface area contributed by atoms with Gasteiger partial charge in [0.1, 0.15) is 0 Å². The highest BCUT2D eigenvalue weighted by molar-refractivity contribution is 9.10. The Morgan fingerprint density at radius 3 is 2.59 bits per heavy atom. The van der Waals surface area contributed by atoms with E-state index in [1.165, 1.54) is 0 Å². The predicted molar refractivity (Wildman–Crippen MR) is 97.1 cm³/mol. The quantitative estimate of drug-likeness (QED) is 0.715. The highest BCUT2D eigenvalue weighted by Crippen LogP contribution is 2.27. The number of anilines is 1. The van der Waals surface area contributed by atoms with Crippen molar-refractivity contribution in [2.24, 2.45) is 0 Å². The normalized spacial score (nSPS) is 11.1. The Balaban J connectivity index is 2.16. The molecule has 0 aliphatic rings. The SMILES string of the molecule is Cc1cccc(C(C)C)c1NC(=O)/C=C/c1cccc(Br)c1. The van der Waals surface area contributed by atoms with Gasteiger partial charge in [-0.15, -0.1) is 0 Å². The van der Waals surface area contributed by atoms with Gasteiger partial charge in [0, 0.05) is 16.2 Å². The molecule has 1 N–H and O–H groups in total. The van der Waals surface area contributed by atoms with Gasteiger partial charge in [-0.05, 0) is 47.7 Å². The minimum atomic E-state index is -0.115. The molecule has 2 nitrogen and oxygen atoms in total. The van der Waals surface area contributed by atoms with Crippen molar-refractivity contribution in [3.63, 3.8) is 0 Å². The van der Waals surface area contributed by atoms with Crippen LogP contribution in [0.2, 0.25) is 0 Å². The van der Waals surface area contributed by atoms with Gasteiger partial charge in [0.05, 0.1) is 0 Å². The van der Waals surface area contributed by atoms with Crippen LogP contribution in [0.4, 0.5) is 5.69 Å². The van der Waals surface area contributed by atoms with Crippen LogP contribution in [0.1, 0.15) is 36.5 Å². The van der Waals surface area contributed by atoms with Crippen molar-refractivity contribution in [1.82, 2.24) is 0 Å². The lowest BCUT2D eigenvalue weighted by molar-refractivity contribution is -0.111. The van der Waals surface area contributed by atoms with Crippen LogP contribution in [0.15, 0.2) is 53.0 Å². The second-order valence-corrected chi connectivity index (χ2v) is 6.49. The van der Waals surface area contributed by atoms with Crippen LogP contribution >= 0.6 is 15.9 Å². The molecule has 0 bridgehead atoms. The smallest absolute Gasteiger partial charge is 0.248 e. The lowest BCUT2D eigenvalue weighted by Gasteiger charge is -2.15. The summed E-state index contributed by atoms with van der Waals surface area (Å²) in [7, 11) is 0. The van der Waals surface area contributed by atoms with Crippen molar-refractivity contribution in [3.05, 3.63) is 69.7 Å². The maximum absolute atomic E-state index is 12.2. The van der Waals surface area contributed by atoms with Gasteiger partial charge in [0.2, 0.25) is 5.91 Å². The molecule has 2 aromatic carbocycles. The number of para-hydroxylation sites is 1. The Bertz CT molecular complexity index is 704. The topological polar surface area (TPSA) is 29.1 Å². The van der Waals surface area contributed by atoms with Gasteiger partial charge < -0.3 is 5.32 Å². The van der Waals surface area contributed by atoms with Crippen LogP contribution in [0, 0.1) is 6.92 Å². The Morgan fingerprint density at radius 1 is 1.18 bits per heavy atom. The minimum absolute atomic E-state index is 0.115. The molecule has 0 spiro atoms. The largest absolute Gasteiger partial charge is 0.322 e. The average molecular weight is 358 g/mol. The predicted octanol–water partition coefficient (Wildman–Crippen LogP) is 5.53. The molecule has 0 saturated carbocycles. The zero-order valence-corrected chi connectivity index (χ0v) is 14.6. The van der Waals surface area contributed by atoms with E-state index in [4.69, 9.17) is 0 Å². The average Bonchev–Trinajstić information content (AvgIpc) is 2.47. The number of amides is 1. The fraction of sp³-hybridized carbons (Fsp3) is 0.211. The van der Waals surface area contributed by atoms with Crippen molar-refractivity contribution in [2.75, 3.05) is 5.32 Å². The molecule has 3 heteroatoms. The first kappa shape index (κ1) is 16.5. The maximum atomic E-state index is 12.2. The maximum Gasteiger partial charge on any atom is 0.248 e. The molecule has 1 amide bonds. The van der Waals surface area contributed by atoms with Gasteiger partial charge in [-0.1, -0.05) is 60.1 Å². The zero-order chi connectivity index (χ0) is 16.1. The fourth-order valence-electron chi connectivity index (χ4n) is 2.29. The van der Waals surface area contributed by atoms with Crippen LogP contribution in [0.3, 0.4) is 0 Å². The van der Waals surface area contributed by atoms with E-state index >= 15 is 0 Å². The van der Waals surface area contributed by atoms with E-state index in [0.29, 0.717) is 5.92 Å². The third-order valence-corrected chi connectivity index (χ3v) is 3.94. The molecule has 0 atom stereocenters. The number of hydrogen-bond donors (Lipinski definition) is 1.